The van der Waals surface area contributed by atoms with Crippen LogP contribution in [0.15, 0.2) is 60.8 Å². The van der Waals surface area contributed by atoms with E-state index in [2.05, 4.69) is 93.8 Å². The molecule has 1 heteroatoms. The second kappa shape index (κ2) is 6.45. The molecule has 0 aliphatic carbocycles. The van der Waals surface area contributed by atoms with Crippen LogP contribution in [-0.4, -0.2) is 0 Å². The molecule has 0 aromatic heterocycles. The van der Waals surface area contributed by atoms with Crippen LogP contribution in [0.2, 0.25) is 0 Å². The van der Waals surface area contributed by atoms with Gasteiger partial charge in [-0.2, -0.15) is 0 Å². The molecule has 3 rings (SSSR count). The van der Waals surface area contributed by atoms with Gasteiger partial charge >= 0.3 is 0 Å². The fourth-order valence-electron chi connectivity index (χ4n) is 3.36. The normalized spacial score (nSPS) is 17.1. The van der Waals surface area contributed by atoms with Crippen LogP contribution in [-0.2, 0) is 0 Å². The van der Waals surface area contributed by atoms with Gasteiger partial charge in [0.05, 0.1) is 6.04 Å². The van der Waals surface area contributed by atoms with Gasteiger partial charge in [-0.25, -0.2) is 0 Å². The van der Waals surface area contributed by atoms with Crippen LogP contribution >= 0.6 is 0 Å². The maximum absolute atomic E-state index is 3.50. The molecule has 0 amide bonds. The zero-order valence-corrected chi connectivity index (χ0v) is 14.4. The van der Waals surface area contributed by atoms with Gasteiger partial charge in [0.25, 0.3) is 0 Å². The lowest BCUT2D eigenvalue weighted by molar-refractivity contribution is 0.721. The summed E-state index contributed by atoms with van der Waals surface area (Å²) in [6.45, 7) is 8.83. The van der Waals surface area contributed by atoms with Crippen molar-refractivity contribution in [3.8, 4) is 0 Å². The standard InChI is InChI=1S/C22H25N/c1-15(2)20-7-5-6-8-21(20)22-14-18(9-10-23-22)19-12-16(3)11-17(4)13-19/h5-15,22-23H,1-4H3. The molecule has 0 saturated heterocycles. The molecule has 1 heterocycles. The summed E-state index contributed by atoms with van der Waals surface area (Å²) < 4.78 is 0. The molecular formula is C22H25N. The van der Waals surface area contributed by atoms with Crippen LogP contribution in [0.25, 0.3) is 5.57 Å². The number of hydrogen-bond acceptors (Lipinski definition) is 1. The lowest BCUT2D eigenvalue weighted by Gasteiger charge is -2.24. The minimum Gasteiger partial charge on any atom is -0.381 e. The first-order valence-corrected chi connectivity index (χ1v) is 8.36. The second-order valence-electron chi connectivity index (χ2n) is 6.76. The van der Waals surface area contributed by atoms with Gasteiger partial charge in [0.1, 0.15) is 0 Å². The fraction of sp³-hybridized carbons (Fsp3) is 0.273. The molecule has 1 aliphatic heterocycles. The van der Waals surface area contributed by atoms with Crippen LogP contribution in [0, 0.1) is 13.8 Å². The lowest BCUT2D eigenvalue weighted by atomic mass is 9.89. The molecule has 2 aromatic rings. The Bertz CT molecular complexity index is 745. The monoisotopic (exact) mass is 303 g/mol. The summed E-state index contributed by atoms with van der Waals surface area (Å²) in [7, 11) is 0. The van der Waals surface area contributed by atoms with E-state index in [1.54, 1.807) is 0 Å². The first-order chi connectivity index (χ1) is 11.0. The van der Waals surface area contributed by atoms with E-state index in [4.69, 9.17) is 0 Å². The fourth-order valence-corrected chi connectivity index (χ4v) is 3.36. The average molecular weight is 303 g/mol. The zero-order chi connectivity index (χ0) is 16.4. The molecule has 0 fully saturated rings. The summed E-state index contributed by atoms with van der Waals surface area (Å²) in [4.78, 5) is 0. The molecule has 1 nitrogen and oxygen atoms in total. The third kappa shape index (κ3) is 3.39. The quantitative estimate of drug-likeness (QED) is 0.770. The van der Waals surface area contributed by atoms with Gasteiger partial charge in [-0.15, -0.1) is 0 Å². The molecule has 1 unspecified atom stereocenters. The van der Waals surface area contributed by atoms with Crippen molar-refractivity contribution < 1.29 is 0 Å². The molecule has 23 heavy (non-hydrogen) atoms. The van der Waals surface area contributed by atoms with E-state index in [1.165, 1.54) is 33.4 Å². The molecule has 1 aliphatic rings. The Morgan fingerprint density at radius 3 is 2.35 bits per heavy atom. The minimum absolute atomic E-state index is 0.231. The van der Waals surface area contributed by atoms with Crippen LogP contribution in [0.4, 0.5) is 0 Å². The van der Waals surface area contributed by atoms with Gasteiger partial charge in [0.15, 0.2) is 0 Å². The van der Waals surface area contributed by atoms with Crippen LogP contribution < -0.4 is 5.32 Å². The van der Waals surface area contributed by atoms with Crippen molar-refractivity contribution in [1.82, 2.24) is 5.32 Å². The highest BCUT2D eigenvalue weighted by Gasteiger charge is 2.16. The average Bonchev–Trinajstić information content (AvgIpc) is 2.54. The molecule has 118 valence electrons. The summed E-state index contributed by atoms with van der Waals surface area (Å²) in [6.07, 6.45) is 6.59. The van der Waals surface area contributed by atoms with E-state index in [9.17, 15) is 0 Å². The largest absolute Gasteiger partial charge is 0.381 e. The van der Waals surface area contributed by atoms with Crippen LogP contribution in [0.3, 0.4) is 0 Å². The van der Waals surface area contributed by atoms with Gasteiger partial charge < -0.3 is 5.32 Å². The van der Waals surface area contributed by atoms with Crippen molar-refractivity contribution in [2.24, 2.45) is 0 Å². The van der Waals surface area contributed by atoms with Crippen molar-refractivity contribution in [2.45, 2.75) is 39.7 Å². The van der Waals surface area contributed by atoms with E-state index in [0.717, 1.165) is 0 Å². The Balaban J connectivity index is 2.01. The topological polar surface area (TPSA) is 12.0 Å². The Hall–Kier alpha value is -2.28. The Labute approximate surface area is 139 Å². The molecule has 0 spiro atoms. The maximum atomic E-state index is 3.50. The zero-order valence-electron chi connectivity index (χ0n) is 14.4. The van der Waals surface area contributed by atoms with Crippen molar-refractivity contribution in [3.63, 3.8) is 0 Å². The van der Waals surface area contributed by atoms with Gasteiger partial charge in [-0.3, -0.25) is 0 Å². The van der Waals surface area contributed by atoms with E-state index < -0.39 is 0 Å². The van der Waals surface area contributed by atoms with Gasteiger partial charge in [0.2, 0.25) is 0 Å². The lowest BCUT2D eigenvalue weighted by Crippen LogP contribution is -2.18. The van der Waals surface area contributed by atoms with Crippen molar-refractivity contribution in [2.75, 3.05) is 0 Å². The predicted octanol–water partition coefficient (Wildman–Crippen LogP) is 5.67. The summed E-state index contributed by atoms with van der Waals surface area (Å²) >= 11 is 0. The summed E-state index contributed by atoms with van der Waals surface area (Å²) in [5.41, 5.74) is 8.00. The molecular weight excluding hydrogens is 278 g/mol. The highest BCUT2D eigenvalue weighted by molar-refractivity contribution is 5.76. The van der Waals surface area contributed by atoms with Crippen molar-refractivity contribution in [3.05, 3.63) is 88.6 Å². The maximum Gasteiger partial charge on any atom is 0.0704 e. The van der Waals surface area contributed by atoms with Crippen molar-refractivity contribution in [1.29, 1.82) is 0 Å². The predicted molar refractivity (Wildman–Crippen MR) is 99.4 cm³/mol. The molecule has 0 bridgehead atoms. The number of nitrogens with one attached hydrogen (secondary N) is 1. The number of allylic oxidation sites excluding steroid dienone is 2. The molecule has 0 radical (unpaired) electrons. The SMILES string of the molecule is Cc1cc(C)cc(C2=CC(c3ccccc3C(C)C)NC=C2)c1. The Kier molecular flexibility index (Phi) is 4.38. The molecule has 1 atom stereocenters. The highest BCUT2D eigenvalue weighted by atomic mass is 14.9. The number of aryl methyl sites for hydroxylation is 2. The van der Waals surface area contributed by atoms with E-state index in [-0.39, 0.29) is 6.04 Å². The smallest absolute Gasteiger partial charge is 0.0704 e. The van der Waals surface area contributed by atoms with Gasteiger partial charge in [0, 0.05) is 0 Å². The van der Waals surface area contributed by atoms with Gasteiger partial charge in [-0.05, 0) is 60.4 Å². The number of benzene rings is 2. The third-order valence-electron chi connectivity index (χ3n) is 4.39. The third-order valence-corrected chi connectivity index (χ3v) is 4.39. The molecule has 1 N–H and O–H groups in total. The summed E-state index contributed by atoms with van der Waals surface area (Å²) in [5, 5.41) is 3.50. The van der Waals surface area contributed by atoms with E-state index >= 15 is 0 Å². The van der Waals surface area contributed by atoms with E-state index in [0.29, 0.717) is 5.92 Å². The van der Waals surface area contributed by atoms with Crippen LogP contribution in [0.5, 0.6) is 0 Å². The first kappa shape index (κ1) is 15.6. The van der Waals surface area contributed by atoms with E-state index in [1.807, 2.05) is 0 Å². The summed E-state index contributed by atoms with van der Waals surface area (Å²) in [6, 6.07) is 15.7. The Morgan fingerprint density at radius 1 is 0.957 bits per heavy atom. The highest BCUT2D eigenvalue weighted by Crippen LogP contribution is 2.31. The molecule has 2 aromatic carbocycles. The minimum atomic E-state index is 0.231. The number of rotatable bonds is 3. The second-order valence-corrected chi connectivity index (χ2v) is 6.76. The van der Waals surface area contributed by atoms with Crippen molar-refractivity contribution >= 4 is 5.57 Å². The Morgan fingerprint density at radius 2 is 1.65 bits per heavy atom. The molecule has 0 saturated carbocycles. The summed E-state index contributed by atoms with van der Waals surface area (Å²) in [5.74, 6) is 0.525. The van der Waals surface area contributed by atoms with Crippen LogP contribution in [0.1, 0.15) is 53.6 Å². The first-order valence-electron chi connectivity index (χ1n) is 8.36. The number of hydrogen-bond donors (Lipinski definition) is 1. The number of dihydropyridines is 1. The van der Waals surface area contributed by atoms with Gasteiger partial charge in [-0.1, -0.05) is 67.4 Å².